The summed E-state index contributed by atoms with van der Waals surface area (Å²) in [6.45, 7) is 4.52. The maximum atomic E-state index is 5.43. The first-order valence-corrected chi connectivity index (χ1v) is 7.77. The lowest BCUT2D eigenvalue weighted by atomic mass is 10.2. The second-order valence-electron chi connectivity index (χ2n) is 6.03. The highest BCUT2D eigenvalue weighted by Gasteiger charge is 2.23. The third-order valence-corrected chi connectivity index (χ3v) is 3.94. The third-order valence-electron chi connectivity index (χ3n) is 3.94. The molecule has 0 radical (unpaired) electrons. The summed E-state index contributed by atoms with van der Waals surface area (Å²) in [5.41, 5.74) is 0. The van der Waals surface area contributed by atoms with Crippen molar-refractivity contribution >= 4 is 0 Å². The second-order valence-corrected chi connectivity index (χ2v) is 6.03. The van der Waals surface area contributed by atoms with Crippen LogP contribution < -0.4 is 5.32 Å². The van der Waals surface area contributed by atoms with Gasteiger partial charge in [0.2, 0.25) is 0 Å². The number of unbranched alkanes of at least 4 members (excludes halogenated alkanes) is 3. The van der Waals surface area contributed by atoms with Crippen molar-refractivity contribution in [3.05, 3.63) is 0 Å². The first kappa shape index (κ1) is 13.9. The van der Waals surface area contributed by atoms with Crippen LogP contribution in [0.1, 0.15) is 51.4 Å². The van der Waals surface area contributed by atoms with E-state index in [-0.39, 0.29) is 0 Å². The lowest BCUT2D eigenvalue weighted by Gasteiger charge is -2.19. The van der Waals surface area contributed by atoms with Gasteiger partial charge in [0, 0.05) is 12.6 Å². The molecule has 2 fully saturated rings. The number of hydrogen-bond acceptors (Lipinski definition) is 2. The average molecular weight is 248 g/mol. The molecule has 0 saturated heterocycles. The van der Waals surface area contributed by atoms with Gasteiger partial charge in [-0.05, 0) is 57.5 Å². The first-order chi connectivity index (χ1) is 8.88. The van der Waals surface area contributed by atoms with Crippen LogP contribution in [0.5, 0.6) is 0 Å². The average Bonchev–Trinajstić information content (AvgIpc) is 3.23. The summed E-state index contributed by atoms with van der Waals surface area (Å²) < 4.78 is 0. The Hall–Kier alpha value is -0.520. The molecule has 0 spiro atoms. The predicted molar refractivity (Wildman–Crippen MR) is 77.5 cm³/mol. The van der Waals surface area contributed by atoms with E-state index in [2.05, 4.69) is 16.1 Å². The van der Waals surface area contributed by atoms with Crippen molar-refractivity contribution in [2.45, 2.75) is 57.4 Å². The minimum absolute atomic E-state index is 0.847. The molecular formula is C16H28N2. The maximum Gasteiger partial charge on any atom is 0.0599 e. The second kappa shape index (κ2) is 7.81. The van der Waals surface area contributed by atoms with Crippen molar-refractivity contribution in [3.8, 4) is 12.3 Å². The smallest absolute Gasteiger partial charge is 0.0599 e. The van der Waals surface area contributed by atoms with E-state index in [4.69, 9.17) is 6.42 Å². The van der Waals surface area contributed by atoms with E-state index in [9.17, 15) is 0 Å². The zero-order valence-corrected chi connectivity index (χ0v) is 11.7. The molecule has 0 bridgehead atoms. The van der Waals surface area contributed by atoms with Crippen molar-refractivity contribution < 1.29 is 0 Å². The van der Waals surface area contributed by atoms with Gasteiger partial charge in [-0.3, -0.25) is 4.90 Å². The Morgan fingerprint density at radius 3 is 2.50 bits per heavy atom. The van der Waals surface area contributed by atoms with Crippen LogP contribution in [0.25, 0.3) is 0 Å². The summed E-state index contributed by atoms with van der Waals surface area (Å²) in [7, 11) is 0. The molecule has 0 aromatic rings. The maximum absolute atomic E-state index is 5.43. The van der Waals surface area contributed by atoms with E-state index in [1.807, 2.05) is 0 Å². The SMILES string of the molecule is C#CCN(CCCCCCNC1CC1)CC1CC1. The summed E-state index contributed by atoms with van der Waals surface area (Å²) in [4.78, 5) is 2.47. The van der Waals surface area contributed by atoms with Crippen molar-refractivity contribution in [1.29, 1.82) is 0 Å². The van der Waals surface area contributed by atoms with E-state index in [0.717, 1.165) is 18.5 Å². The number of hydrogen-bond donors (Lipinski definition) is 1. The minimum Gasteiger partial charge on any atom is -0.314 e. The standard InChI is InChI=1S/C16H28N2/c1-2-12-18(14-15-7-8-15)13-6-4-3-5-11-17-16-9-10-16/h1,15-17H,3-14H2. The summed E-state index contributed by atoms with van der Waals surface area (Å²) in [5.74, 6) is 3.76. The summed E-state index contributed by atoms with van der Waals surface area (Å²) in [5, 5.41) is 3.57. The Morgan fingerprint density at radius 2 is 1.83 bits per heavy atom. The Morgan fingerprint density at radius 1 is 1.06 bits per heavy atom. The van der Waals surface area contributed by atoms with Gasteiger partial charge in [-0.1, -0.05) is 18.8 Å². The van der Waals surface area contributed by atoms with Crippen LogP contribution in [0.2, 0.25) is 0 Å². The van der Waals surface area contributed by atoms with Gasteiger partial charge in [-0.15, -0.1) is 6.42 Å². The van der Waals surface area contributed by atoms with Crippen molar-refractivity contribution in [1.82, 2.24) is 10.2 Å². The van der Waals surface area contributed by atoms with Crippen molar-refractivity contribution in [2.24, 2.45) is 5.92 Å². The Kier molecular flexibility index (Phi) is 6.04. The van der Waals surface area contributed by atoms with Crippen LogP contribution >= 0.6 is 0 Å². The predicted octanol–water partition coefficient (Wildman–Crippen LogP) is 2.64. The zero-order valence-electron chi connectivity index (χ0n) is 11.7. The highest BCUT2D eigenvalue weighted by atomic mass is 15.1. The third kappa shape index (κ3) is 6.42. The molecule has 102 valence electrons. The molecule has 0 heterocycles. The summed E-state index contributed by atoms with van der Waals surface area (Å²) in [6.07, 6.45) is 16.5. The largest absolute Gasteiger partial charge is 0.314 e. The van der Waals surface area contributed by atoms with E-state index in [1.54, 1.807) is 0 Å². The highest BCUT2D eigenvalue weighted by Crippen LogP contribution is 2.29. The number of nitrogens with zero attached hydrogens (tertiary/aromatic N) is 1. The fourth-order valence-corrected chi connectivity index (χ4v) is 2.44. The molecule has 0 aromatic carbocycles. The Balaban J connectivity index is 1.40. The molecule has 0 aromatic heterocycles. The van der Waals surface area contributed by atoms with Gasteiger partial charge in [0.1, 0.15) is 0 Å². The van der Waals surface area contributed by atoms with Crippen LogP contribution in [0.3, 0.4) is 0 Å². The molecule has 2 aliphatic rings. The molecule has 1 N–H and O–H groups in total. The molecule has 0 unspecified atom stereocenters. The van der Waals surface area contributed by atoms with Crippen LogP contribution in [0.15, 0.2) is 0 Å². The van der Waals surface area contributed by atoms with Gasteiger partial charge in [-0.25, -0.2) is 0 Å². The van der Waals surface area contributed by atoms with Gasteiger partial charge < -0.3 is 5.32 Å². The summed E-state index contributed by atoms with van der Waals surface area (Å²) >= 11 is 0. The molecule has 0 aliphatic heterocycles. The molecule has 2 aliphatic carbocycles. The van der Waals surface area contributed by atoms with Crippen LogP contribution in [-0.4, -0.2) is 37.1 Å². The molecule has 2 nitrogen and oxygen atoms in total. The van der Waals surface area contributed by atoms with Gasteiger partial charge >= 0.3 is 0 Å². The Bertz CT molecular complexity index is 261. The fraction of sp³-hybridized carbons (Fsp3) is 0.875. The molecule has 0 atom stereocenters. The van der Waals surface area contributed by atoms with Gasteiger partial charge in [0.25, 0.3) is 0 Å². The first-order valence-electron chi connectivity index (χ1n) is 7.77. The Labute approximate surface area is 113 Å². The monoisotopic (exact) mass is 248 g/mol. The molecular weight excluding hydrogens is 220 g/mol. The lowest BCUT2D eigenvalue weighted by molar-refractivity contribution is 0.286. The number of terminal acetylenes is 1. The van der Waals surface area contributed by atoms with E-state index >= 15 is 0 Å². The number of nitrogens with one attached hydrogen (secondary N) is 1. The van der Waals surface area contributed by atoms with Crippen LogP contribution in [0, 0.1) is 18.3 Å². The molecule has 2 rings (SSSR count). The van der Waals surface area contributed by atoms with E-state index < -0.39 is 0 Å². The minimum atomic E-state index is 0.847. The molecule has 0 amide bonds. The zero-order chi connectivity index (χ0) is 12.6. The topological polar surface area (TPSA) is 15.3 Å². The van der Waals surface area contributed by atoms with E-state index in [1.165, 1.54) is 71.0 Å². The van der Waals surface area contributed by atoms with Crippen LogP contribution in [0.4, 0.5) is 0 Å². The summed E-state index contributed by atoms with van der Waals surface area (Å²) in [6, 6.07) is 0.870. The highest BCUT2D eigenvalue weighted by molar-refractivity contribution is 4.90. The fourth-order valence-electron chi connectivity index (χ4n) is 2.44. The van der Waals surface area contributed by atoms with Crippen molar-refractivity contribution in [2.75, 3.05) is 26.2 Å². The quantitative estimate of drug-likeness (QED) is 0.447. The van der Waals surface area contributed by atoms with Gasteiger partial charge in [-0.2, -0.15) is 0 Å². The van der Waals surface area contributed by atoms with Gasteiger partial charge in [0.15, 0.2) is 0 Å². The normalized spacial score (nSPS) is 19.1. The van der Waals surface area contributed by atoms with Crippen LogP contribution in [-0.2, 0) is 0 Å². The lowest BCUT2D eigenvalue weighted by Crippen LogP contribution is -2.27. The molecule has 2 heteroatoms. The van der Waals surface area contributed by atoms with Crippen molar-refractivity contribution in [3.63, 3.8) is 0 Å². The molecule has 2 saturated carbocycles. The molecule has 18 heavy (non-hydrogen) atoms. The van der Waals surface area contributed by atoms with E-state index in [0.29, 0.717) is 0 Å². The van der Waals surface area contributed by atoms with Gasteiger partial charge in [0.05, 0.1) is 6.54 Å². The number of rotatable bonds is 11.